The van der Waals surface area contributed by atoms with Gasteiger partial charge in [0.15, 0.2) is 0 Å². The Morgan fingerprint density at radius 3 is 2.52 bits per heavy atom. The summed E-state index contributed by atoms with van der Waals surface area (Å²) in [5.74, 6) is 1.45. The summed E-state index contributed by atoms with van der Waals surface area (Å²) in [7, 11) is 0. The number of rotatable bonds is 6. The molecule has 1 amide bonds. The first-order valence-corrected chi connectivity index (χ1v) is 9.06. The molecule has 142 valence electrons. The minimum Gasteiger partial charge on any atom is -0.493 e. The third-order valence-corrected chi connectivity index (χ3v) is 4.69. The number of ether oxygens (including phenoxy) is 1. The topological polar surface area (TPSA) is 50.4 Å². The number of piperidine rings is 1. The summed E-state index contributed by atoms with van der Waals surface area (Å²) in [4.78, 5) is 12.8. The molecule has 2 rings (SSSR count). The van der Waals surface area contributed by atoms with Crippen LogP contribution >= 0.6 is 12.4 Å². The van der Waals surface area contributed by atoms with E-state index in [4.69, 9.17) is 4.74 Å². The normalized spacial score (nSPS) is 20.7. The van der Waals surface area contributed by atoms with Gasteiger partial charge in [-0.2, -0.15) is 0 Å². The van der Waals surface area contributed by atoms with Crippen molar-refractivity contribution in [3.05, 3.63) is 29.8 Å². The molecular formula is C20H33ClN2O2. The molecule has 1 fully saturated rings. The highest BCUT2D eigenvalue weighted by Crippen LogP contribution is 2.26. The highest BCUT2D eigenvalue weighted by molar-refractivity contribution is 5.87. The van der Waals surface area contributed by atoms with Crippen molar-refractivity contribution in [3.63, 3.8) is 0 Å². The minimum atomic E-state index is -0.551. The summed E-state index contributed by atoms with van der Waals surface area (Å²) in [6.07, 6.45) is 1.98. The SMILES string of the molecule is CC(C)COc1ccc(C(C)(C)C(=O)NC2CCNC(C)C2)cc1.Cl. The van der Waals surface area contributed by atoms with Crippen LogP contribution in [0.5, 0.6) is 5.75 Å². The summed E-state index contributed by atoms with van der Waals surface area (Å²) >= 11 is 0. The van der Waals surface area contributed by atoms with Crippen molar-refractivity contribution in [1.29, 1.82) is 0 Å². The molecule has 2 atom stereocenters. The Balaban J connectivity index is 0.00000312. The Bertz CT molecular complexity index is 543. The summed E-state index contributed by atoms with van der Waals surface area (Å²) in [6, 6.07) is 8.64. The fourth-order valence-electron chi connectivity index (χ4n) is 2.99. The molecule has 1 aliphatic rings. The van der Waals surface area contributed by atoms with Crippen molar-refractivity contribution < 1.29 is 9.53 Å². The van der Waals surface area contributed by atoms with Crippen molar-refractivity contribution in [2.24, 2.45) is 5.92 Å². The molecule has 0 saturated carbocycles. The van der Waals surface area contributed by atoms with Gasteiger partial charge in [-0.1, -0.05) is 26.0 Å². The number of halogens is 1. The maximum absolute atomic E-state index is 12.8. The molecule has 0 radical (unpaired) electrons. The number of carbonyl (C=O) groups is 1. The van der Waals surface area contributed by atoms with E-state index in [0.29, 0.717) is 18.6 Å². The van der Waals surface area contributed by atoms with Crippen molar-refractivity contribution in [3.8, 4) is 5.75 Å². The Morgan fingerprint density at radius 1 is 1.32 bits per heavy atom. The summed E-state index contributed by atoms with van der Waals surface area (Å²) < 4.78 is 5.72. The van der Waals surface area contributed by atoms with E-state index >= 15 is 0 Å². The fourth-order valence-corrected chi connectivity index (χ4v) is 2.99. The van der Waals surface area contributed by atoms with Gasteiger partial charge in [0.1, 0.15) is 5.75 Å². The van der Waals surface area contributed by atoms with Gasteiger partial charge < -0.3 is 15.4 Å². The van der Waals surface area contributed by atoms with Gasteiger partial charge in [0.25, 0.3) is 0 Å². The Hall–Kier alpha value is -1.26. The van der Waals surface area contributed by atoms with E-state index in [-0.39, 0.29) is 24.4 Å². The number of hydrogen-bond donors (Lipinski definition) is 2. The third kappa shape index (κ3) is 6.19. The molecule has 1 heterocycles. The van der Waals surface area contributed by atoms with Crippen LogP contribution in [-0.4, -0.2) is 31.1 Å². The van der Waals surface area contributed by atoms with Gasteiger partial charge in [0, 0.05) is 12.1 Å². The average Bonchev–Trinajstić information content (AvgIpc) is 2.53. The predicted octanol–water partition coefficient (Wildman–Crippen LogP) is 3.68. The maximum atomic E-state index is 12.8. The fraction of sp³-hybridized carbons (Fsp3) is 0.650. The van der Waals surface area contributed by atoms with Gasteiger partial charge in [-0.25, -0.2) is 0 Å². The number of nitrogens with one attached hydrogen (secondary N) is 2. The van der Waals surface area contributed by atoms with Crippen LogP contribution < -0.4 is 15.4 Å². The van der Waals surface area contributed by atoms with E-state index < -0.39 is 5.41 Å². The van der Waals surface area contributed by atoms with Crippen molar-refractivity contribution in [2.75, 3.05) is 13.2 Å². The number of amides is 1. The van der Waals surface area contributed by atoms with Crippen LogP contribution in [0, 0.1) is 5.92 Å². The van der Waals surface area contributed by atoms with Crippen LogP contribution in [0.25, 0.3) is 0 Å². The largest absolute Gasteiger partial charge is 0.493 e. The minimum absolute atomic E-state index is 0. The van der Waals surface area contributed by atoms with Gasteiger partial charge in [-0.3, -0.25) is 4.79 Å². The molecule has 0 aromatic heterocycles. The van der Waals surface area contributed by atoms with E-state index in [1.54, 1.807) is 0 Å². The lowest BCUT2D eigenvalue weighted by atomic mass is 9.83. The summed E-state index contributed by atoms with van der Waals surface area (Å²) in [5.41, 5.74) is 0.462. The van der Waals surface area contributed by atoms with E-state index in [0.717, 1.165) is 30.7 Å². The molecule has 25 heavy (non-hydrogen) atoms. The first kappa shape index (κ1) is 21.8. The summed E-state index contributed by atoms with van der Waals surface area (Å²) in [6.45, 7) is 12.1. The molecule has 1 aromatic rings. The Kier molecular flexibility index (Phi) is 8.23. The molecule has 2 N–H and O–H groups in total. The second kappa shape index (κ2) is 9.44. The standard InChI is InChI=1S/C20H32N2O2.ClH/c1-14(2)13-24-18-8-6-16(7-9-18)20(4,5)19(23)22-17-10-11-21-15(3)12-17;/h6-9,14-15,17,21H,10-13H2,1-5H3,(H,22,23);1H. The van der Waals surface area contributed by atoms with Gasteiger partial charge in [-0.05, 0) is 63.8 Å². The monoisotopic (exact) mass is 368 g/mol. The molecule has 2 unspecified atom stereocenters. The van der Waals surface area contributed by atoms with E-state index in [2.05, 4.69) is 31.4 Å². The van der Waals surface area contributed by atoms with Crippen molar-refractivity contribution in [1.82, 2.24) is 10.6 Å². The Labute approximate surface area is 158 Å². The zero-order valence-corrected chi connectivity index (χ0v) is 16.9. The van der Waals surface area contributed by atoms with Crippen LogP contribution in [0.4, 0.5) is 0 Å². The number of benzene rings is 1. The highest BCUT2D eigenvalue weighted by atomic mass is 35.5. The van der Waals surface area contributed by atoms with Gasteiger partial charge in [-0.15, -0.1) is 12.4 Å². The molecule has 1 saturated heterocycles. The second-order valence-corrected chi connectivity index (χ2v) is 7.90. The molecular weight excluding hydrogens is 336 g/mol. The van der Waals surface area contributed by atoms with Crippen LogP contribution in [0.15, 0.2) is 24.3 Å². The van der Waals surface area contributed by atoms with Crippen LogP contribution in [0.1, 0.15) is 53.0 Å². The molecule has 1 aromatic carbocycles. The lowest BCUT2D eigenvalue weighted by Crippen LogP contribution is -2.50. The van der Waals surface area contributed by atoms with Gasteiger partial charge in [0.05, 0.1) is 12.0 Å². The molecule has 0 aliphatic carbocycles. The molecule has 5 heteroatoms. The third-order valence-electron chi connectivity index (χ3n) is 4.69. The average molecular weight is 369 g/mol. The lowest BCUT2D eigenvalue weighted by molar-refractivity contribution is -0.126. The zero-order chi connectivity index (χ0) is 17.7. The first-order chi connectivity index (χ1) is 11.3. The molecule has 4 nitrogen and oxygen atoms in total. The maximum Gasteiger partial charge on any atom is 0.230 e. The molecule has 1 aliphatic heterocycles. The quantitative estimate of drug-likeness (QED) is 0.805. The van der Waals surface area contributed by atoms with E-state index in [1.165, 1.54) is 0 Å². The highest BCUT2D eigenvalue weighted by Gasteiger charge is 2.32. The number of carbonyl (C=O) groups excluding carboxylic acids is 1. The van der Waals surface area contributed by atoms with Crippen LogP contribution in [0.2, 0.25) is 0 Å². The molecule has 0 spiro atoms. The lowest BCUT2D eigenvalue weighted by Gasteiger charge is -2.32. The van der Waals surface area contributed by atoms with Crippen molar-refractivity contribution >= 4 is 18.3 Å². The second-order valence-electron chi connectivity index (χ2n) is 7.90. The van der Waals surface area contributed by atoms with Crippen LogP contribution in [0.3, 0.4) is 0 Å². The predicted molar refractivity (Wildman–Crippen MR) is 106 cm³/mol. The molecule has 0 bridgehead atoms. The van der Waals surface area contributed by atoms with Gasteiger partial charge in [0.2, 0.25) is 5.91 Å². The summed E-state index contributed by atoms with van der Waals surface area (Å²) in [5, 5.41) is 6.65. The van der Waals surface area contributed by atoms with E-state index in [9.17, 15) is 4.79 Å². The Morgan fingerprint density at radius 2 is 1.96 bits per heavy atom. The number of hydrogen-bond acceptors (Lipinski definition) is 3. The smallest absolute Gasteiger partial charge is 0.230 e. The van der Waals surface area contributed by atoms with E-state index in [1.807, 2.05) is 38.1 Å². The van der Waals surface area contributed by atoms with Gasteiger partial charge >= 0.3 is 0 Å². The van der Waals surface area contributed by atoms with Crippen molar-refractivity contribution in [2.45, 2.75) is 65.0 Å². The van der Waals surface area contributed by atoms with Crippen LogP contribution in [-0.2, 0) is 10.2 Å². The zero-order valence-electron chi connectivity index (χ0n) is 16.1. The first-order valence-electron chi connectivity index (χ1n) is 9.06.